The Morgan fingerprint density at radius 3 is 2.45 bits per heavy atom. The minimum atomic E-state index is -0.572. The third-order valence-corrected chi connectivity index (χ3v) is 5.06. The first-order chi connectivity index (χ1) is 15.0. The average molecular weight is 431 g/mol. The minimum Gasteiger partial charge on any atom is -0.308 e. The van der Waals surface area contributed by atoms with E-state index in [0.717, 1.165) is 5.52 Å². The lowest BCUT2D eigenvalue weighted by atomic mass is 10.2. The molecule has 0 spiro atoms. The zero-order valence-corrected chi connectivity index (χ0v) is 16.5. The van der Waals surface area contributed by atoms with Gasteiger partial charge >= 0.3 is 6.03 Å². The molecule has 0 aliphatic rings. The zero-order chi connectivity index (χ0) is 21.5. The van der Waals surface area contributed by atoms with Crippen molar-refractivity contribution in [2.24, 2.45) is 0 Å². The standard InChI is InChI=1S/C22H12ClFN6O/c23-15-9-12(5-6-16(15)24)26-22(31)27-13-7-8-30-19(10-13)14(11-25)20-21(30)29-18-4-2-1-3-17(18)28-20/h1-10H,(H2,26,27,31). The number of aromatic nitrogens is 3. The number of para-hydroxylation sites is 2. The van der Waals surface area contributed by atoms with Crippen molar-refractivity contribution in [3.05, 3.63) is 77.2 Å². The minimum absolute atomic E-state index is 0.0925. The highest BCUT2D eigenvalue weighted by atomic mass is 35.5. The topological polar surface area (TPSA) is 95.1 Å². The maximum absolute atomic E-state index is 13.3. The maximum atomic E-state index is 13.3. The summed E-state index contributed by atoms with van der Waals surface area (Å²) in [5.41, 5.74) is 4.19. The molecule has 3 aromatic heterocycles. The largest absolute Gasteiger partial charge is 0.323 e. The highest BCUT2D eigenvalue weighted by Crippen LogP contribution is 2.27. The third-order valence-electron chi connectivity index (χ3n) is 4.78. The Labute approximate surface area is 179 Å². The second kappa shape index (κ2) is 7.23. The second-order valence-electron chi connectivity index (χ2n) is 6.75. The molecular formula is C22H12ClFN6O. The van der Waals surface area contributed by atoms with Crippen LogP contribution in [0.4, 0.5) is 20.6 Å². The van der Waals surface area contributed by atoms with Gasteiger partial charge in [0.25, 0.3) is 0 Å². The van der Waals surface area contributed by atoms with Gasteiger partial charge < -0.3 is 10.6 Å². The third kappa shape index (κ3) is 3.27. The summed E-state index contributed by atoms with van der Waals surface area (Å²) in [5, 5.41) is 14.9. The van der Waals surface area contributed by atoms with Gasteiger partial charge in [-0.2, -0.15) is 5.26 Å². The van der Waals surface area contributed by atoms with Crippen molar-refractivity contribution in [3.8, 4) is 6.07 Å². The van der Waals surface area contributed by atoms with Crippen molar-refractivity contribution in [1.29, 1.82) is 5.26 Å². The van der Waals surface area contributed by atoms with E-state index in [1.165, 1.54) is 18.2 Å². The Morgan fingerprint density at radius 2 is 1.74 bits per heavy atom. The molecule has 2 aromatic carbocycles. The molecule has 0 atom stereocenters. The van der Waals surface area contributed by atoms with E-state index in [9.17, 15) is 14.4 Å². The van der Waals surface area contributed by atoms with Crippen molar-refractivity contribution in [1.82, 2.24) is 14.4 Å². The quantitative estimate of drug-likeness (QED) is 0.395. The molecule has 5 aromatic rings. The molecule has 31 heavy (non-hydrogen) atoms. The van der Waals surface area contributed by atoms with Gasteiger partial charge in [-0.1, -0.05) is 23.7 Å². The Kier molecular flexibility index (Phi) is 4.38. The van der Waals surface area contributed by atoms with E-state index in [-0.39, 0.29) is 5.02 Å². The van der Waals surface area contributed by atoms with Crippen LogP contribution in [0, 0.1) is 17.1 Å². The molecule has 0 aliphatic carbocycles. The molecular weight excluding hydrogens is 419 g/mol. The van der Waals surface area contributed by atoms with Crippen LogP contribution in [-0.2, 0) is 0 Å². The van der Waals surface area contributed by atoms with Crippen LogP contribution < -0.4 is 10.6 Å². The number of carbonyl (C=O) groups excluding carboxylic acids is 1. The van der Waals surface area contributed by atoms with Gasteiger partial charge in [0.1, 0.15) is 23.0 Å². The number of nitrogens with one attached hydrogen (secondary N) is 2. The Bertz CT molecular complexity index is 1560. The number of halogens is 2. The lowest BCUT2D eigenvalue weighted by Gasteiger charge is -2.09. The number of anilines is 2. The summed E-state index contributed by atoms with van der Waals surface area (Å²) >= 11 is 5.74. The number of rotatable bonds is 2. The van der Waals surface area contributed by atoms with Crippen LogP contribution in [0.3, 0.4) is 0 Å². The van der Waals surface area contributed by atoms with Crippen LogP contribution in [0.5, 0.6) is 0 Å². The van der Waals surface area contributed by atoms with Gasteiger partial charge in [0.15, 0.2) is 5.65 Å². The number of carbonyl (C=O) groups is 1. The highest BCUT2D eigenvalue weighted by molar-refractivity contribution is 6.31. The summed E-state index contributed by atoms with van der Waals surface area (Å²) in [4.78, 5) is 21.6. The number of hydrogen-bond acceptors (Lipinski definition) is 4. The van der Waals surface area contributed by atoms with E-state index < -0.39 is 11.8 Å². The van der Waals surface area contributed by atoms with Crippen LogP contribution in [-0.4, -0.2) is 20.4 Å². The number of fused-ring (bicyclic) bond motifs is 4. The van der Waals surface area contributed by atoms with Gasteiger partial charge in [0, 0.05) is 17.6 Å². The molecule has 0 saturated heterocycles. The van der Waals surface area contributed by atoms with E-state index in [2.05, 4.69) is 26.7 Å². The molecule has 0 radical (unpaired) electrons. The van der Waals surface area contributed by atoms with Crippen molar-refractivity contribution < 1.29 is 9.18 Å². The SMILES string of the molecule is N#Cc1c2nc3ccccc3nc2n2ccc(NC(=O)Nc3ccc(F)c(Cl)c3)cc12. The van der Waals surface area contributed by atoms with Crippen LogP contribution in [0.15, 0.2) is 60.8 Å². The van der Waals surface area contributed by atoms with E-state index in [0.29, 0.717) is 39.1 Å². The molecule has 3 heterocycles. The molecule has 9 heteroatoms. The molecule has 7 nitrogen and oxygen atoms in total. The number of pyridine rings is 1. The molecule has 150 valence electrons. The van der Waals surface area contributed by atoms with Crippen molar-refractivity contribution in [3.63, 3.8) is 0 Å². The van der Waals surface area contributed by atoms with Crippen molar-refractivity contribution in [2.75, 3.05) is 10.6 Å². The van der Waals surface area contributed by atoms with Crippen LogP contribution >= 0.6 is 11.6 Å². The average Bonchev–Trinajstić information content (AvgIpc) is 3.06. The lowest BCUT2D eigenvalue weighted by molar-refractivity contribution is 0.262. The van der Waals surface area contributed by atoms with Gasteiger partial charge in [0.05, 0.1) is 21.6 Å². The maximum Gasteiger partial charge on any atom is 0.323 e. The summed E-state index contributed by atoms with van der Waals surface area (Å²) in [7, 11) is 0. The summed E-state index contributed by atoms with van der Waals surface area (Å²) in [5.74, 6) is -0.572. The van der Waals surface area contributed by atoms with E-state index in [1.807, 2.05) is 24.3 Å². The predicted molar refractivity (Wildman–Crippen MR) is 117 cm³/mol. The molecule has 0 unspecified atom stereocenters. The highest BCUT2D eigenvalue weighted by Gasteiger charge is 2.16. The fourth-order valence-corrected chi connectivity index (χ4v) is 3.56. The summed E-state index contributed by atoms with van der Waals surface area (Å²) < 4.78 is 15.0. The van der Waals surface area contributed by atoms with E-state index >= 15 is 0 Å². The van der Waals surface area contributed by atoms with E-state index in [4.69, 9.17) is 11.6 Å². The first-order valence-electron chi connectivity index (χ1n) is 9.17. The summed E-state index contributed by atoms with van der Waals surface area (Å²) in [6.07, 6.45) is 1.71. The molecule has 0 aliphatic heterocycles. The van der Waals surface area contributed by atoms with Crippen molar-refractivity contribution in [2.45, 2.75) is 0 Å². The van der Waals surface area contributed by atoms with Crippen LogP contribution in [0.1, 0.15) is 5.56 Å². The van der Waals surface area contributed by atoms with Gasteiger partial charge in [-0.05, 0) is 42.5 Å². The first kappa shape index (κ1) is 18.8. The molecule has 2 amide bonds. The van der Waals surface area contributed by atoms with Gasteiger partial charge in [-0.3, -0.25) is 4.40 Å². The Morgan fingerprint density at radius 1 is 1.03 bits per heavy atom. The van der Waals surface area contributed by atoms with Crippen LogP contribution in [0.25, 0.3) is 27.7 Å². The fourth-order valence-electron chi connectivity index (χ4n) is 3.38. The van der Waals surface area contributed by atoms with E-state index in [1.54, 1.807) is 22.7 Å². The van der Waals surface area contributed by atoms with Gasteiger partial charge in [-0.25, -0.2) is 19.2 Å². The van der Waals surface area contributed by atoms with Crippen molar-refractivity contribution >= 4 is 56.7 Å². The Balaban J connectivity index is 1.52. The second-order valence-corrected chi connectivity index (χ2v) is 7.16. The smallest absolute Gasteiger partial charge is 0.308 e. The molecule has 0 bridgehead atoms. The Hall–Kier alpha value is -4.22. The molecule has 0 saturated carbocycles. The summed E-state index contributed by atoms with van der Waals surface area (Å²) in [6, 6.07) is 16.3. The monoisotopic (exact) mass is 430 g/mol. The number of nitriles is 1. The van der Waals surface area contributed by atoms with Gasteiger partial charge in [0.2, 0.25) is 0 Å². The molecule has 2 N–H and O–H groups in total. The molecule has 5 rings (SSSR count). The number of urea groups is 1. The fraction of sp³-hybridized carbons (Fsp3) is 0. The zero-order valence-electron chi connectivity index (χ0n) is 15.7. The predicted octanol–water partition coefficient (Wildman–Crippen LogP) is 5.34. The number of benzene rings is 2. The number of amides is 2. The lowest BCUT2D eigenvalue weighted by Crippen LogP contribution is -2.19. The van der Waals surface area contributed by atoms with Gasteiger partial charge in [-0.15, -0.1) is 0 Å². The summed E-state index contributed by atoms with van der Waals surface area (Å²) in [6.45, 7) is 0. The van der Waals surface area contributed by atoms with Crippen LogP contribution in [0.2, 0.25) is 5.02 Å². The number of hydrogen-bond donors (Lipinski definition) is 2. The molecule has 0 fully saturated rings. The first-order valence-corrected chi connectivity index (χ1v) is 9.55. The number of nitrogens with zero attached hydrogens (tertiary/aromatic N) is 4. The normalized spacial score (nSPS) is 11.0.